The first-order valence-electron chi connectivity index (χ1n) is 5.29. The highest BCUT2D eigenvalue weighted by Gasteiger charge is 2.54. The van der Waals surface area contributed by atoms with Crippen LogP contribution in [-0.4, -0.2) is 12.1 Å². The molecule has 2 fully saturated rings. The van der Waals surface area contributed by atoms with Gasteiger partial charge in [0.05, 0.1) is 0 Å². The Hall–Kier alpha value is -0.0400. The first-order chi connectivity index (χ1) is 5.53. The van der Waals surface area contributed by atoms with Gasteiger partial charge in [0.15, 0.2) is 0 Å². The molecule has 1 saturated carbocycles. The lowest BCUT2D eigenvalue weighted by molar-refractivity contribution is 0.511. The standard InChI is InChI=1S/C11H21N/c1-7-9(11(7,3)4)5-6-10-8(2)12-10/h7-10,12H,5-6H2,1-4H3. The van der Waals surface area contributed by atoms with Gasteiger partial charge >= 0.3 is 0 Å². The molecule has 0 bridgehead atoms. The highest BCUT2D eigenvalue weighted by molar-refractivity contribution is 5.04. The summed E-state index contributed by atoms with van der Waals surface area (Å²) in [6.07, 6.45) is 2.84. The second-order valence-electron chi connectivity index (χ2n) is 5.36. The van der Waals surface area contributed by atoms with Gasteiger partial charge in [0.25, 0.3) is 0 Å². The fourth-order valence-corrected chi connectivity index (χ4v) is 2.61. The highest BCUT2D eigenvalue weighted by atomic mass is 15.1. The van der Waals surface area contributed by atoms with E-state index in [1.807, 2.05) is 0 Å². The lowest BCUT2D eigenvalue weighted by Gasteiger charge is -2.00. The molecule has 2 rings (SSSR count). The Bertz CT molecular complexity index is 185. The maximum atomic E-state index is 3.46. The van der Waals surface area contributed by atoms with Crippen LogP contribution in [0, 0.1) is 17.3 Å². The average molecular weight is 167 g/mol. The molecule has 1 aliphatic heterocycles. The summed E-state index contributed by atoms with van der Waals surface area (Å²) in [7, 11) is 0. The molecule has 0 radical (unpaired) electrons. The minimum Gasteiger partial charge on any atom is -0.308 e. The van der Waals surface area contributed by atoms with Crippen molar-refractivity contribution in [3.63, 3.8) is 0 Å². The van der Waals surface area contributed by atoms with Gasteiger partial charge in [0, 0.05) is 12.1 Å². The SMILES string of the molecule is CC1NC1CCC1C(C)C1(C)C. The largest absolute Gasteiger partial charge is 0.308 e. The third-order valence-electron chi connectivity index (χ3n) is 4.38. The Labute approximate surface area is 75.9 Å². The summed E-state index contributed by atoms with van der Waals surface area (Å²) in [6.45, 7) is 9.50. The summed E-state index contributed by atoms with van der Waals surface area (Å²) in [6, 6.07) is 1.66. The molecule has 1 nitrogen and oxygen atoms in total. The van der Waals surface area contributed by atoms with Gasteiger partial charge in [-0.1, -0.05) is 20.8 Å². The minimum atomic E-state index is 0.651. The summed E-state index contributed by atoms with van der Waals surface area (Å²) < 4.78 is 0. The molecule has 0 aromatic rings. The van der Waals surface area contributed by atoms with Crippen molar-refractivity contribution in [2.24, 2.45) is 17.3 Å². The third kappa shape index (κ3) is 1.28. The fourth-order valence-electron chi connectivity index (χ4n) is 2.61. The third-order valence-corrected chi connectivity index (χ3v) is 4.38. The van der Waals surface area contributed by atoms with E-state index in [2.05, 4.69) is 33.0 Å². The molecule has 70 valence electrons. The van der Waals surface area contributed by atoms with Gasteiger partial charge in [-0.05, 0) is 37.0 Å². The monoisotopic (exact) mass is 167 g/mol. The molecular formula is C11H21N. The minimum absolute atomic E-state index is 0.651. The van der Waals surface area contributed by atoms with Gasteiger partial charge < -0.3 is 5.32 Å². The number of nitrogens with one attached hydrogen (secondary N) is 1. The Kier molecular flexibility index (Phi) is 1.76. The number of hydrogen-bond acceptors (Lipinski definition) is 1. The van der Waals surface area contributed by atoms with Gasteiger partial charge in [-0.25, -0.2) is 0 Å². The maximum absolute atomic E-state index is 3.46. The average Bonchev–Trinajstić information content (AvgIpc) is 2.76. The van der Waals surface area contributed by atoms with E-state index < -0.39 is 0 Å². The molecule has 2 aliphatic rings. The van der Waals surface area contributed by atoms with E-state index in [0.29, 0.717) is 5.41 Å². The van der Waals surface area contributed by atoms with Crippen LogP contribution < -0.4 is 5.32 Å². The van der Waals surface area contributed by atoms with Crippen molar-refractivity contribution in [1.29, 1.82) is 0 Å². The van der Waals surface area contributed by atoms with Crippen molar-refractivity contribution in [2.45, 2.75) is 52.6 Å². The Balaban J connectivity index is 1.69. The predicted molar refractivity (Wildman–Crippen MR) is 52.1 cm³/mol. The second kappa shape index (κ2) is 2.47. The lowest BCUT2D eigenvalue weighted by Crippen LogP contribution is -1.96. The normalized spacial score (nSPS) is 49.0. The van der Waals surface area contributed by atoms with Crippen LogP contribution in [0.3, 0.4) is 0 Å². The van der Waals surface area contributed by atoms with Crippen LogP contribution in [0.25, 0.3) is 0 Å². The number of rotatable bonds is 3. The molecule has 1 N–H and O–H groups in total. The van der Waals surface area contributed by atoms with E-state index in [4.69, 9.17) is 0 Å². The van der Waals surface area contributed by atoms with Crippen molar-refractivity contribution in [3.8, 4) is 0 Å². The van der Waals surface area contributed by atoms with Crippen LogP contribution in [0.2, 0.25) is 0 Å². The molecule has 0 aromatic carbocycles. The van der Waals surface area contributed by atoms with Crippen molar-refractivity contribution in [1.82, 2.24) is 5.32 Å². The molecular weight excluding hydrogens is 146 g/mol. The van der Waals surface area contributed by atoms with Gasteiger partial charge in [0.1, 0.15) is 0 Å². The zero-order valence-electron chi connectivity index (χ0n) is 8.72. The van der Waals surface area contributed by atoms with Gasteiger partial charge in [0.2, 0.25) is 0 Å². The lowest BCUT2D eigenvalue weighted by atomic mass is 10.0. The first-order valence-corrected chi connectivity index (χ1v) is 5.29. The molecule has 1 saturated heterocycles. The quantitative estimate of drug-likeness (QED) is 0.641. The summed E-state index contributed by atoms with van der Waals surface area (Å²) in [4.78, 5) is 0. The molecule has 4 atom stereocenters. The Morgan fingerprint density at radius 2 is 1.67 bits per heavy atom. The topological polar surface area (TPSA) is 21.9 Å². The van der Waals surface area contributed by atoms with Crippen LogP contribution in [0.15, 0.2) is 0 Å². The molecule has 0 spiro atoms. The fraction of sp³-hybridized carbons (Fsp3) is 1.00. The zero-order valence-corrected chi connectivity index (χ0v) is 8.72. The van der Waals surface area contributed by atoms with E-state index in [1.165, 1.54) is 12.8 Å². The van der Waals surface area contributed by atoms with Crippen molar-refractivity contribution < 1.29 is 0 Å². The van der Waals surface area contributed by atoms with Crippen molar-refractivity contribution in [2.75, 3.05) is 0 Å². The highest BCUT2D eigenvalue weighted by Crippen LogP contribution is 2.60. The molecule has 1 heterocycles. The molecule has 0 aromatic heterocycles. The van der Waals surface area contributed by atoms with Crippen molar-refractivity contribution in [3.05, 3.63) is 0 Å². The maximum Gasteiger partial charge on any atom is 0.0221 e. The smallest absolute Gasteiger partial charge is 0.0221 e. The van der Waals surface area contributed by atoms with Gasteiger partial charge in [-0.3, -0.25) is 0 Å². The van der Waals surface area contributed by atoms with Crippen LogP contribution in [0.4, 0.5) is 0 Å². The van der Waals surface area contributed by atoms with Crippen LogP contribution in [0.5, 0.6) is 0 Å². The second-order valence-corrected chi connectivity index (χ2v) is 5.36. The molecule has 1 aliphatic carbocycles. The van der Waals surface area contributed by atoms with Crippen LogP contribution in [0.1, 0.15) is 40.5 Å². The van der Waals surface area contributed by atoms with Crippen LogP contribution in [-0.2, 0) is 0 Å². The summed E-state index contributed by atoms with van der Waals surface area (Å²) in [5, 5.41) is 3.46. The summed E-state index contributed by atoms with van der Waals surface area (Å²) in [5.74, 6) is 1.97. The summed E-state index contributed by atoms with van der Waals surface area (Å²) >= 11 is 0. The van der Waals surface area contributed by atoms with Crippen LogP contribution >= 0.6 is 0 Å². The zero-order chi connectivity index (χ0) is 8.93. The Morgan fingerprint density at radius 1 is 1.17 bits per heavy atom. The molecule has 4 unspecified atom stereocenters. The molecule has 0 amide bonds. The predicted octanol–water partition coefficient (Wildman–Crippen LogP) is 2.42. The van der Waals surface area contributed by atoms with E-state index in [9.17, 15) is 0 Å². The van der Waals surface area contributed by atoms with E-state index in [0.717, 1.165) is 23.9 Å². The molecule has 12 heavy (non-hydrogen) atoms. The van der Waals surface area contributed by atoms with Crippen molar-refractivity contribution >= 4 is 0 Å². The summed E-state index contributed by atoms with van der Waals surface area (Å²) in [5.41, 5.74) is 0.651. The van der Waals surface area contributed by atoms with E-state index in [-0.39, 0.29) is 0 Å². The number of hydrogen-bond donors (Lipinski definition) is 1. The van der Waals surface area contributed by atoms with E-state index >= 15 is 0 Å². The van der Waals surface area contributed by atoms with Gasteiger partial charge in [-0.2, -0.15) is 0 Å². The van der Waals surface area contributed by atoms with E-state index in [1.54, 1.807) is 0 Å². The molecule has 1 heteroatoms. The Morgan fingerprint density at radius 3 is 2.00 bits per heavy atom. The first kappa shape index (κ1) is 8.55. The van der Waals surface area contributed by atoms with Gasteiger partial charge in [-0.15, -0.1) is 0 Å².